The van der Waals surface area contributed by atoms with Crippen molar-refractivity contribution in [2.24, 2.45) is 4.99 Å². The summed E-state index contributed by atoms with van der Waals surface area (Å²) >= 11 is 0. The number of nitrogens with zero attached hydrogens (tertiary/aromatic N) is 1. The molecule has 2 rings (SSSR count). The molecule has 0 bridgehead atoms. The van der Waals surface area contributed by atoms with Crippen LogP contribution in [-0.4, -0.2) is 19.4 Å². The fourth-order valence-corrected chi connectivity index (χ4v) is 1.34. The number of likely N-dealkylation sites (N-methyl/N-ethyl adjacent to an activating group) is 1. The lowest BCUT2D eigenvalue weighted by Crippen LogP contribution is -2.18. The molecule has 0 amide bonds. The summed E-state index contributed by atoms with van der Waals surface area (Å²) in [5.74, 6) is 0. The Morgan fingerprint density at radius 1 is 1.73 bits per heavy atom. The molecule has 1 aliphatic carbocycles. The van der Waals surface area contributed by atoms with E-state index in [9.17, 15) is 0 Å². The fraction of sp³-hybridized carbons (Fsp3) is 0.375. The third-order valence-corrected chi connectivity index (χ3v) is 2.01. The van der Waals surface area contributed by atoms with Crippen molar-refractivity contribution >= 4 is 6.34 Å². The van der Waals surface area contributed by atoms with E-state index in [1.165, 1.54) is 11.4 Å². The maximum Gasteiger partial charge on any atom is 0.0951 e. The van der Waals surface area contributed by atoms with Crippen molar-refractivity contribution in [1.29, 1.82) is 0 Å². The first-order valence-corrected chi connectivity index (χ1v) is 3.78. The maximum absolute atomic E-state index is 4.25. The van der Waals surface area contributed by atoms with Gasteiger partial charge in [0.2, 0.25) is 0 Å². The first kappa shape index (κ1) is 6.46. The number of nitrogens with one attached hydrogen (secondary N) is 2. The molecule has 58 valence electrons. The summed E-state index contributed by atoms with van der Waals surface area (Å²) in [6.45, 7) is 0. The van der Waals surface area contributed by atoms with Crippen LogP contribution in [0, 0.1) is 0 Å². The molecule has 1 heterocycles. The van der Waals surface area contributed by atoms with Crippen molar-refractivity contribution in [3.05, 3.63) is 23.5 Å². The second-order valence-electron chi connectivity index (χ2n) is 2.68. The van der Waals surface area contributed by atoms with Gasteiger partial charge in [-0.1, -0.05) is 6.08 Å². The van der Waals surface area contributed by atoms with Gasteiger partial charge in [-0.3, -0.25) is 4.99 Å². The minimum Gasteiger partial charge on any atom is -0.388 e. The minimum atomic E-state index is 0.354. The number of rotatable bonds is 1. The van der Waals surface area contributed by atoms with Gasteiger partial charge in [-0.2, -0.15) is 0 Å². The fourth-order valence-electron chi connectivity index (χ4n) is 1.34. The number of hydrogen-bond donors (Lipinski definition) is 2. The zero-order valence-electron chi connectivity index (χ0n) is 6.46. The number of fused-ring (bicyclic) bond motifs is 1. The Bertz CT molecular complexity index is 250. The van der Waals surface area contributed by atoms with Gasteiger partial charge in [0.1, 0.15) is 0 Å². The lowest BCUT2D eigenvalue weighted by atomic mass is 10.0. The van der Waals surface area contributed by atoms with Crippen molar-refractivity contribution in [2.45, 2.75) is 12.5 Å². The highest BCUT2D eigenvalue weighted by Crippen LogP contribution is 2.19. The van der Waals surface area contributed by atoms with E-state index < -0.39 is 0 Å². The van der Waals surface area contributed by atoms with Crippen LogP contribution in [0.2, 0.25) is 0 Å². The molecule has 0 saturated carbocycles. The number of allylic oxidation sites excluding steroid dienone is 1. The molecule has 2 N–H and O–H groups in total. The smallest absolute Gasteiger partial charge is 0.0951 e. The molecular formula is C8H11N3. The van der Waals surface area contributed by atoms with Crippen LogP contribution in [0.1, 0.15) is 6.42 Å². The van der Waals surface area contributed by atoms with E-state index in [0.29, 0.717) is 6.04 Å². The Morgan fingerprint density at radius 3 is 3.45 bits per heavy atom. The van der Waals surface area contributed by atoms with Crippen LogP contribution < -0.4 is 10.6 Å². The molecule has 0 aromatic carbocycles. The van der Waals surface area contributed by atoms with Crippen molar-refractivity contribution in [3.8, 4) is 0 Å². The first-order chi connectivity index (χ1) is 5.40. The Balaban J connectivity index is 2.20. The van der Waals surface area contributed by atoms with Crippen molar-refractivity contribution in [2.75, 3.05) is 7.05 Å². The second kappa shape index (κ2) is 2.42. The zero-order valence-corrected chi connectivity index (χ0v) is 6.46. The predicted octanol–water partition coefficient (Wildman–Crippen LogP) is 0.377. The van der Waals surface area contributed by atoms with Gasteiger partial charge in [-0.05, 0) is 12.5 Å². The van der Waals surface area contributed by atoms with Gasteiger partial charge in [0.05, 0.1) is 12.4 Å². The van der Waals surface area contributed by atoms with Gasteiger partial charge in [-0.25, -0.2) is 0 Å². The molecule has 3 nitrogen and oxygen atoms in total. The lowest BCUT2D eigenvalue weighted by Gasteiger charge is -2.14. The van der Waals surface area contributed by atoms with Gasteiger partial charge < -0.3 is 10.6 Å². The third kappa shape index (κ3) is 1.02. The topological polar surface area (TPSA) is 36.4 Å². The van der Waals surface area contributed by atoms with Crippen molar-refractivity contribution < 1.29 is 0 Å². The zero-order chi connectivity index (χ0) is 7.68. The molecule has 11 heavy (non-hydrogen) atoms. The normalized spacial score (nSPS) is 26.8. The van der Waals surface area contributed by atoms with Crippen LogP contribution in [-0.2, 0) is 0 Å². The third-order valence-electron chi connectivity index (χ3n) is 2.01. The summed E-state index contributed by atoms with van der Waals surface area (Å²) < 4.78 is 0. The summed E-state index contributed by atoms with van der Waals surface area (Å²) in [7, 11) is 1.93. The average Bonchev–Trinajstić information content (AvgIpc) is 2.50. The van der Waals surface area contributed by atoms with Gasteiger partial charge >= 0.3 is 0 Å². The molecule has 0 fully saturated rings. The molecular weight excluding hydrogens is 138 g/mol. The van der Waals surface area contributed by atoms with Gasteiger partial charge in [0.15, 0.2) is 0 Å². The molecule has 2 aliphatic rings. The summed E-state index contributed by atoms with van der Waals surface area (Å²) in [5, 5.41) is 6.22. The second-order valence-corrected chi connectivity index (χ2v) is 2.68. The lowest BCUT2D eigenvalue weighted by molar-refractivity contribution is 0.764. The van der Waals surface area contributed by atoms with E-state index in [1.807, 2.05) is 7.05 Å². The van der Waals surface area contributed by atoms with Crippen LogP contribution in [0.4, 0.5) is 0 Å². The molecule has 1 aliphatic heterocycles. The van der Waals surface area contributed by atoms with Gasteiger partial charge in [-0.15, -0.1) is 0 Å². The molecule has 0 radical (unpaired) electrons. The van der Waals surface area contributed by atoms with Crippen LogP contribution in [0.5, 0.6) is 0 Å². The highest BCUT2D eigenvalue weighted by atomic mass is 15.1. The minimum absolute atomic E-state index is 0.354. The van der Waals surface area contributed by atoms with E-state index >= 15 is 0 Å². The Hall–Kier alpha value is -1.25. The standard InChI is InChI=1S/C8H11N3/c1-9-6-2-3-7-8(4-6)11-5-10-7/h2,4-5,7,9H,3H2,1H3,(H,10,11). The Labute approximate surface area is 65.9 Å². The van der Waals surface area contributed by atoms with Gasteiger partial charge in [0, 0.05) is 18.4 Å². The summed E-state index contributed by atoms with van der Waals surface area (Å²) in [6.07, 6.45) is 7.04. The molecule has 0 spiro atoms. The summed E-state index contributed by atoms with van der Waals surface area (Å²) in [6, 6.07) is 0.354. The van der Waals surface area contributed by atoms with Crippen molar-refractivity contribution in [1.82, 2.24) is 10.6 Å². The maximum atomic E-state index is 4.25. The SMILES string of the molecule is CNC1=CCC2N=CNC2=C1. The molecule has 0 aromatic heterocycles. The first-order valence-electron chi connectivity index (χ1n) is 3.78. The monoisotopic (exact) mass is 149 g/mol. The highest BCUT2D eigenvalue weighted by molar-refractivity contribution is 5.63. The largest absolute Gasteiger partial charge is 0.388 e. The van der Waals surface area contributed by atoms with Crippen LogP contribution >= 0.6 is 0 Å². The Morgan fingerprint density at radius 2 is 2.64 bits per heavy atom. The number of hydrogen-bond acceptors (Lipinski definition) is 3. The number of aliphatic imine (C=N–C) groups is 1. The quantitative estimate of drug-likeness (QED) is 0.565. The molecule has 0 saturated heterocycles. The highest BCUT2D eigenvalue weighted by Gasteiger charge is 2.18. The van der Waals surface area contributed by atoms with E-state index in [1.54, 1.807) is 6.34 Å². The van der Waals surface area contributed by atoms with Crippen LogP contribution in [0.25, 0.3) is 0 Å². The van der Waals surface area contributed by atoms with E-state index in [2.05, 4.69) is 27.8 Å². The van der Waals surface area contributed by atoms with Crippen molar-refractivity contribution in [3.63, 3.8) is 0 Å². The molecule has 0 aromatic rings. The Kier molecular flexibility index (Phi) is 1.42. The van der Waals surface area contributed by atoms with E-state index in [0.717, 1.165) is 6.42 Å². The molecule has 1 unspecified atom stereocenters. The van der Waals surface area contributed by atoms with E-state index in [-0.39, 0.29) is 0 Å². The summed E-state index contributed by atoms with van der Waals surface area (Å²) in [5.41, 5.74) is 2.38. The van der Waals surface area contributed by atoms with Crippen LogP contribution in [0.15, 0.2) is 28.5 Å². The molecule has 3 heteroatoms. The van der Waals surface area contributed by atoms with E-state index in [4.69, 9.17) is 0 Å². The molecule has 1 atom stereocenters. The predicted molar refractivity (Wildman–Crippen MR) is 45.3 cm³/mol. The average molecular weight is 149 g/mol. The summed E-state index contributed by atoms with van der Waals surface area (Å²) in [4.78, 5) is 4.25. The van der Waals surface area contributed by atoms with Crippen LogP contribution in [0.3, 0.4) is 0 Å². The van der Waals surface area contributed by atoms with Gasteiger partial charge in [0.25, 0.3) is 0 Å².